The summed E-state index contributed by atoms with van der Waals surface area (Å²) in [6.45, 7) is 4.05. The Balaban J connectivity index is 1.49. The Labute approximate surface area is 162 Å². The summed E-state index contributed by atoms with van der Waals surface area (Å²) in [4.78, 5) is 23.8. The number of rotatable bonds is 10. The average molecular weight is 367 g/mol. The smallest absolute Gasteiger partial charge is 0.224 e. The van der Waals surface area contributed by atoms with E-state index >= 15 is 0 Å². The lowest BCUT2D eigenvalue weighted by molar-refractivity contribution is -0.117. The topological polar surface area (TPSA) is 58.2 Å². The van der Waals surface area contributed by atoms with Crippen LogP contribution in [-0.4, -0.2) is 11.8 Å². The number of hydrogen-bond donors (Lipinski definition) is 2. The second-order valence-electron chi connectivity index (χ2n) is 7.10. The van der Waals surface area contributed by atoms with Gasteiger partial charge in [0.15, 0.2) is 0 Å². The standard InChI is InChI=1S/C23H30N2O2/c1-18-10-14-20(15-11-18)24-22(26)8-6-4-3-5-7-9-23(27)25-21-16-12-19(2)13-17-21/h10-17H,3-9H2,1-2H3,(H,24,26)(H,25,27). The Morgan fingerprint density at radius 2 is 0.926 bits per heavy atom. The Morgan fingerprint density at radius 1 is 0.593 bits per heavy atom. The van der Waals surface area contributed by atoms with E-state index in [0.29, 0.717) is 12.8 Å². The highest BCUT2D eigenvalue weighted by Gasteiger charge is 2.04. The van der Waals surface area contributed by atoms with Gasteiger partial charge >= 0.3 is 0 Å². The first-order valence-corrected chi connectivity index (χ1v) is 9.76. The summed E-state index contributed by atoms with van der Waals surface area (Å²) < 4.78 is 0. The van der Waals surface area contributed by atoms with Crippen LogP contribution in [-0.2, 0) is 9.59 Å². The highest BCUT2D eigenvalue weighted by Crippen LogP contribution is 2.13. The van der Waals surface area contributed by atoms with Gasteiger partial charge in [-0.15, -0.1) is 0 Å². The predicted molar refractivity (Wildman–Crippen MR) is 112 cm³/mol. The summed E-state index contributed by atoms with van der Waals surface area (Å²) in [6.07, 6.45) is 5.93. The first-order valence-electron chi connectivity index (χ1n) is 9.76. The van der Waals surface area contributed by atoms with Crippen LogP contribution in [0.15, 0.2) is 48.5 Å². The molecule has 0 saturated carbocycles. The summed E-state index contributed by atoms with van der Waals surface area (Å²) in [6, 6.07) is 15.7. The van der Waals surface area contributed by atoms with Crippen molar-refractivity contribution < 1.29 is 9.59 Å². The third kappa shape index (κ3) is 8.54. The van der Waals surface area contributed by atoms with Crippen molar-refractivity contribution in [1.29, 1.82) is 0 Å². The van der Waals surface area contributed by atoms with Crippen LogP contribution in [0.4, 0.5) is 11.4 Å². The van der Waals surface area contributed by atoms with E-state index in [1.807, 2.05) is 62.4 Å². The molecule has 0 atom stereocenters. The highest BCUT2D eigenvalue weighted by atomic mass is 16.2. The molecule has 2 aromatic carbocycles. The third-order valence-corrected chi connectivity index (χ3v) is 4.48. The maximum atomic E-state index is 11.9. The zero-order valence-corrected chi connectivity index (χ0v) is 16.4. The molecule has 0 spiro atoms. The van der Waals surface area contributed by atoms with Crippen LogP contribution < -0.4 is 10.6 Å². The van der Waals surface area contributed by atoms with Gasteiger partial charge in [0, 0.05) is 24.2 Å². The van der Waals surface area contributed by atoms with Gasteiger partial charge in [-0.1, -0.05) is 54.7 Å². The first kappa shape index (κ1) is 20.7. The summed E-state index contributed by atoms with van der Waals surface area (Å²) in [5.74, 6) is 0.132. The van der Waals surface area contributed by atoms with Crippen molar-refractivity contribution >= 4 is 23.2 Å². The van der Waals surface area contributed by atoms with Crippen LogP contribution in [0.2, 0.25) is 0 Å². The van der Waals surface area contributed by atoms with Crippen LogP contribution in [0.5, 0.6) is 0 Å². The Morgan fingerprint density at radius 3 is 1.30 bits per heavy atom. The molecular weight excluding hydrogens is 336 g/mol. The Hall–Kier alpha value is -2.62. The molecule has 2 rings (SSSR count). The van der Waals surface area contributed by atoms with E-state index < -0.39 is 0 Å². The lowest BCUT2D eigenvalue weighted by Gasteiger charge is -2.06. The number of benzene rings is 2. The van der Waals surface area contributed by atoms with Gasteiger partial charge in [-0.2, -0.15) is 0 Å². The molecule has 0 radical (unpaired) electrons. The predicted octanol–water partition coefficient (Wildman–Crippen LogP) is 5.61. The molecule has 0 aliphatic rings. The van der Waals surface area contributed by atoms with Crippen LogP contribution in [0.25, 0.3) is 0 Å². The molecule has 2 aromatic rings. The van der Waals surface area contributed by atoms with E-state index in [2.05, 4.69) is 10.6 Å². The lowest BCUT2D eigenvalue weighted by atomic mass is 10.1. The second-order valence-corrected chi connectivity index (χ2v) is 7.10. The molecule has 4 nitrogen and oxygen atoms in total. The fraction of sp³-hybridized carbons (Fsp3) is 0.391. The zero-order chi connectivity index (χ0) is 19.5. The first-order chi connectivity index (χ1) is 13.0. The zero-order valence-electron chi connectivity index (χ0n) is 16.4. The average Bonchev–Trinajstić information content (AvgIpc) is 2.65. The van der Waals surface area contributed by atoms with Gasteiger partial charge in [0.25, 0.3) is 0 Å². The molecule has 0 aliphatic carbocycles. The van der Waals surface area contributed by atoms with Gasteiger partial charge in [-0.3, -0.25) is 9.59 Å². The number of anilines is 2. The van der Waals surface area contributed by atoms with Gasteiger partial charge in [0.2, 0.25) is 11.8 Å². The van der Waals surface area contributed by atoms with Crippen molar-refractivity contribution in [2.45, 2.75) is 58.8 Å². The third-order valence-electron chi connectivity index (χ3n) is 4.48. The Bertz CT molecular complexity index is 658. The fourth-order valence-electron chi connectivity index (χ4n) is 2.82. The van der Waals surface area contributed by atoms with Crippen LogP contribution >= 0.6 is 0 Å². The van der Waals surface area contributed by atoms with Crippen molar-refractivity contribution in [3.8, 4) is 0 Å². The second kappa shape index (κ2) is 11.2. The van der Waals surface area contributed by atoms with Crippen molar-refractivity contribution in [3.63, 3.8) is 0 Å². The normalized spacial score (nSPS) is 10.4. The van der Waals surface area contributed by atoms with Crippen molar-refractivity contribution in [2.24, 2.45) is 0 Å². The number of unbranched alkanes of at least 4 members (excludes halogenated alkanes) is 4. The number of carbonyl (C=O) groups is 2. The van der Waals surface area contributed by atoms with Crippen LogP contribution in [0.3, 0.4) is 0 Å². The van der Waals surface area contributed by atoms with E-state index in [9.17, 15) is 9.59 Å². The van der Waals surface area contributed by atoms with Crippen molar-refractivity contribution in [3.05, 3.63) is 59.7 Å². The largest absolute Gasteiger partial charge is 0.326 e. The van der Waals surface area contributed by atoms with Crippen LogP contribution in [0.1, 0.15) is 56.1 Å². The Kier molecular flexibility index (Phi) is 8.56. The number of amides is 2. The maximum absolute atomic E-state index is 11.9. The summed E-state index contributed by atoms with van der Waals surface area (Å²) >= 11 is 0. The molecule has 0 aliphatic heterocycles. The molecule has 0 unspecified atom stereocenters. The molecule has 2 N–H and O–H groups in total. The number of carbonyl (C=O) groups excluding carboxylic acids is 2. The summed E-state index contributed by atoms with van der Waals surface area (Å²) in [5.41, 5.74) is 4.07. The molecule has 27 heavy (non-hydrogen) atoms. The van der Waals surface area contributed by atoms with Gasteiger partial charge in [0.05, 0.1) is 0 Å². The molecule has 144 valence electrons. The summed E-state index contributed by atoms with van der Waals surface area (Å²) in [5, 5.41) is 5.84. The molecule has 0 fully saturated rings. The van der Waals surface area contributed by atoms with E-state index in [1.54, 1.807) is 0 Å². The highest BCUT2D eigenvalue weighted by molar-refractivity contribution is 5.91. The molecule has 0 heterocycles. The molecule has 2 amide bonds. The maximum Gasteiger partial charge on any atom is 0.224 e. The number of hydrogen-bond acceptors (Lipinski definition) is 2. The summed E-state index contributed by atoms with van der Waals surface area (Å²) in [7, 11) is 0. The molecule has 4 heteroatoms. The van der Waals surface area contributed by atoms with Gasteiger partial charge < -0.3 is 10.6 Å². The minimum absolute atomic E-state index is 0.0660. The SMILES string of the molecule is Cc1ccc(NC(=O)CCCCCCCC(=O)Nc2ccc(C)cc2)cc1. The van der Waals surface area contributed by atoms with Crippen molar-refractivity contribution in [1.82, 2.24) is 0 Å². The molecule has 0 saturated heterocycles. The minimum Gasteiger partial charge on any atom is -0.326 e. The fourth-order valence-corrected chi connectivity index (χ4v) is 2.82. The van der Waals surface area contributed by atoms with E-state index in [1.165, 1.54) is 11.1 Å². The van der Waals surface area contributed by atoms with Crippen molar-refractivity contribution in [2.75, 3.05) is 10.6 Å². The number of nitrogens with one attached hydrogen (secondary N) is 2. The van der Waals surface area contributed by atoms with E-state index in [4.69, 9.17) is 0 Å². The minimum atomic E-state index is 0.0660. The van der Waals surface area contributed by atoms with E-state index in [0.717, 1.165) is 43.5 Å². The molecule has 0 aromatic heterocycles. The van der Waals surface area contributed by atoms with Gasteiger partial charge in [0.1, 0.15) is 0 Å². The van der Waals surface area contributed by atoms with Gasteiger partial charge in [-0.05, 0) is 51.0 Å². The quantitative estimate of drug-likeness (QED) is 0.537. The molecule has 0 bridgehead atoms. The van der Waals surface area contributed by atoms with E-state index in [-0.39, 0.29) is 11.8 Å². The number of aryl methyl sites for hydroxylation is 2. The monoisotopic (exact) mass is 366 g/mol. The molecular formula is C23H30N2O2. The van der Waals surface area contributed by atoms with Crippen LogP contribution in [0, 0.1) is 13.8 Å². The van der Waals surface area contributed by atoms with Gasteiger partial charge in [-0.25, -0.2) is 0 Å². The lowest BCUT2D eigenvalue weighted by Crippen LogP contribution is -2.11.